The van der Waals surface area contributed by atoms with E-state index in [2.05, 4.69) is 12.2 Å². The molecule has 0 spiro atoms. The number of rotatable bonds is 3. The molecule has 3 N–H and O–H groups in total. The van der Waals surface area contributed by atoms with Crippen LogP contribution in [0.2, 0.25) is 0 Å². The summed E-state index contributed by atoms with van der Waals surface area (Å²) in [6.07, 6.45) is 1.92. The Morgan fingerprint density at radius 3 is 2.81 bits per heavy atom. The molecule has 16 heavy (non-hydrogen) atoms. The third-order valence-corrected chi connectivity index (χ3v) is 3.12. The van der Waals surface area contributed by atoms with Gasteiger partial charge in [0.15, 0.2) is 11.5 Å². The van der Waals surface area contributed by atoms with Crippen molar-refractivity contribution < 1.29 is 10.2 Å². The summed E-state index contributed by atoms with van der Waals surface area (Å²) in [4.78, 5) is 0. The molecular formula is C12H18BrNO2. The Hall–Kier alpha value is -0.740. The Bertz CT molecular complexity index is 368. The number of benzene rings is 1. The molecule has 1 unspecified atom stereocenters. The average Bonchev–Trinajstić information content (AvgIpc) is 2.64. The molecule has 1 aliphatic rings. The van der Waals surface area contributed by atoms with Crippen molar-refractivity contribution in [3.63, 3.8) is 0 Å². The van der Waals surface area contributed by atoms with Gasteiger partial charge in [-0.2, -0.15) is 0 Å². The second kappa shape index (κ2) is 5.55. The van der Waals surface area contributed by atoms with Crippen LogP contribution in [-0.2, 0) is 6.42 Å². The average molecular weight is 288 g/mol. The van der Waals surface area contributed by atoms with E-state index in [4.69, 9.17) is 0 Å². The molecule has 0 radical (unpaired) electrons. The van der Waals surface area contributed by atoms with E-state index in [1.807, 2.05) is 6.07 Å². The first-order valence-electron chi connectivity index (χ1n) is 5.48. The zero-order valence-electron chi connectivity index (χ0n) is 9.36. The lowest BCUT2D eigenvalue weighted by molar-refractivity contribution is 0.400. The molecule has 1 aromatic carbocycles. The number of fused-ring (bicyclic) bond motifs is 1. The minimum absolute atomic E-state index is 0. The summed E-state index contributed by atoms with van der Waals surface area (Å²) in [5.41, 5.74) is 2.11. The predicted octanol–water partition coefficient (Wildman–Crippen LogP) is 2.32. The van der Waals surface area contributed by atoms with Crippen LogP contribution in [0.4, 0.5) is 0 Å². The maximum atomic E-state index is 9.69. The lowest BCUT2D eigenvalue weighted by Crippen LogP contribution is -2.19. The molecule has 0 amide bonds. The monoisotopic (exact) mass is 287 g/mol. The smallest absolute Gasteiger partial charge is 0.160 e. The van der Waals surface area contributed by atoms with E-state index in [9.17, 15) is 10.2 Å². The van der Waals surface area contributed by atoms with Crippen LogP contribution < -0.4 is 5.32 Å². The van der Waals surface area contributed by atoms with Crippen LogP contribution >= 0.6 is 17.0 Å². The summed E-state index contributed by atoms with van der Waals surface area (Å²) < 4.78 is 0. The maximum absolute atomic E-state index is 9.69. The summed E-state index contributed by atoms with van der Waals surface area (Å²) in [6, 6.07) is 3.51. The molecule has 1 atom stereocenters. The van der Waals surface area contributed by atoms with Crippen LogP contribution in [0.3, 0.4) is 0 Å². The molecule has 1 aromatic rings. The molecule has 0 saturated carbocycles. The molecule has 4 heteroatoms. The highest BCUT2D eigenvalue weighted by atomic mass is 79.9. The van der Waals surface area contributed by atoms with Gasteiger partial charge in [-0.15, -0.1) is 17.0 Å². The Labute approximate surface area is 106 Å². The maximum Gasteiger partial charge on any atom is 0.160 e. The van der Waals surface area contributed by atoms with Crippen LogP contribution in [0.5, 0.6) is 11.5 Å². The van der Waals surface area contributed by atoms with Crippen molar-refractivity contribution in [2.75, 3.05) is 13.1 Å². The van der Waals surface area contributed by atoms with Gasteiger partial charge in [0.2, 0.25) is 0 Å². The third-order valence-electron chi connectivity index (χ3n) is 3.12. The minimum Gasteiger partial charge on any atom is -0.504 e. The summed E-state index contributed by atoms with van der Waals surface area (Å²) in [5, 5.41) is 22.4. The van der Waals surface area contributed by atoms with Gasteiger partial charge in [-0.25, -0.2) is 0 Å². The van der Waals surface area contributed by atoms with Crippen molar-refractivity contribution >= 4 is 17.0 Å². The van der Waals surface area contributed by atoms with Gasteiger partial charge < -0.3 is 15.5 Å². The lowest BCUT2D eigenvalue weighted by Gasteiger charge is -2.12. The van der Waals surface area contributed by atoms with Crippen molar-refractivity contribution in [1.82, 2.24) is 5.32 Å². The van der Waals surface area contributed by atoms with Gasteiger partial charge in [0.25, 0.3) is 0 Å². The normalized spacial score (nSPS) is 17.9. The predicted molar refractivity (Wildman–Crippen MR) is 69.7 cm³/mol. The SMILES string of the molecule is Br.CCNCC1CCc2c1ccc(O)c2O. The summed E-state index contributed by atoms with van der Waals surface area (Å²) in [5.74, 6) is 0.552. The van der Waals surface area contributed by atoms with E-state index in [-0.39, 0.29) is 28.5 Å². The Kier molecular flexibility index (Phi) is 4.62. The topological polar surface area (TPSA) is 52.5 Å². The zero-order chi connectivity index (χ0) is 10.8. The van der Waals surface area contributed by atoms with E-state index in [1.54, 1.807) is 6.07 Å². The molecule has 2 rings (SSSR count). The fourth-order valence-electron chi connectivity index (χ4n) is 2.29. The Morgan fingerprint density at radius 2 is 2.12 bits per heavy atom. The first kappa shape index (κ1) is 13.3. The quantitative estimate of drug-likeness (QED) is 0.748. The number of halogens is 1. The van der Waals surface area contributed by atoms with Gasteiger partial charge in [-0.05, 0) is 36.9 Å². The van der Waals surface area contributed by atoms with E-state index in [0.29, 0.717) is 5.92 Å². The number of likely N-dealkylation sites (N-methyl/N-ethyl adjacent to an activating group) is 1. The van der Waals surface area contributed by atoms with Gasteiger partial charge in [0.1, 0.15) is 0 Å². The molecule has 0 saturated heterocycles. The highest BCUT2D eigenvalue weighted by Crippen LogP contribution is 2.41. The van der Waals surface area contributed by atoms with Gasteiger partial charge in [-0.3, -0.25) is 0 Å². The van der Waals surface area contributed by atoms with Crippen molar-refractivity contribution in [3.8, 4) is 11.5 Å². The molecule has 1 aliphatic carbocycles. The number of nitrogens with one attached hydrogen (secondary N) is 1. The highest BCUT2D eigenvalue weighted by Gasteiger charge is 2.25. The molecule has 0 bridgehead atoms. The number of aromatic hydroxyl groups is 2. The van der Waals surface area contributed by atoms with E-state index >= 15 is 0 Å². The Balaban J connectivity index is 0.00000128. The Morgan fingerprint density at radius 1 is 1.38 bits per heavy atom. The highest BCUT2D eigenvalue weighted by molar-refractivity contribution is 8.93. The van der Waals surface area contributed by atoms with Crippen molar-refractivity contribution in [2.24, 2.45) is 0 Å². The second-order valence-corrected chi connectivity index (χ2v) is 4.04. The lowest BCUT2D eigenvalue weighted by atomic mass is 10.0. The largest absolute Gasteiger partial charge is 0.504 e. The summed E-state index contributed by atoms with van der Waals surface area (Å²) in [6.45, 7) is 4.01. The summed E-state index contributed by atoms with van der Waals surface area (Å²) >= 11 is 0. The van der Waals surface area contributed by atoms with Gasteiger partial charge in [0, 0.05) is 12.1 Å². The standard InChI is InChI=1S/C12H17NO2.BrH/c1-2-13-7-8-3-4-10-9(8)5-6-11(14)12(10)15;/h5-6,8,13-15H,2-4,7H2,1H3;1H. The molecule has 90 valence electrons. The van der Waals surface area contributed by atoms with Crippen molar-refractivity contribution in [3.05, 3.63) is 23.3 Å². The number of phenols is 2. The zero-order valence-corrected chi connectivity index (χ0v) is 11.1. The van der Waals surface area contributed by atoms with E-state index in [0.717, 1.165) is 31.5 Å². The van der Waals surface area contributed by atoms with E-state index < -0.39 is 0 Å². The minimum atomic E-state index is -0.00199. The molecule has 0 heterocycles. The third kappa shape index (κ3) is 2.33. The molecular weight excluding hydrogens is 270 g/mol. The van der Waals surface area contributed by atoms with Gasteiger partial charge in [-0.1, -0.05) is 13.0 Å². The fraction of sp³-hybridized carbons (Fsp3) is 0.500. The molecule has 3 nitrogen and oxygen atoms in total. The number of phenolic OH excluding ortho intramolecular Hbond substituents is 2. The van der Waals surface area contributed by atoms with Crippen LogP contribution in [0.25, 0.3) is 0 Å². The second-order valence-electron chi connectivity index (χ2n) is 4.04. The number of hydrogen-bond donors (Lipinski definition) is 3. The van der Waals surface area contributed by atoms with Crippen LogP contribution in [0.1, 0.15) is 30.4 Å². The fourth-order valence-corrected chi connectivity index (χ4v) is 2.29. The van der Waals surface area contributed by atoms with Gasteiger partial charge in [0.05, 0.1) is 0 Å². The van der Waals surface area contributed by atoms with Crippen LogP contribution in [0.15, 0.2) is 12.1 Å². The molecule has 0 fully saturated rings. The first-order valence-corrected chi connectivity index (χ1v) is 5.48. The van der Waals surface area contributed by atoms with Crippen molar-refractivity contribution in [2.45, 2.75) is 25.7 Å². The summed E-state index contributed by atoms with van der Waals surface area (Å²) in [7, 11) is 0. The van der Waals surface area contributed by atoms with Gasteiger partial charge >= 0.3 is 0 Å². The molecule has 0 aromatic heterocycles. The number of hydrogen-bond acceptors (Lipinski definition) is 3. The van der Waals surface area contributed by atoms with E-state index in [1.165, 1.54) is 5.56 Å². The molecule has 0 aliphatic heterocycles. The first-order chi connectivity index (χ1) is 7.24. The van der Waals surface area contributed by atoms with Crippen LogP contribution in [0, 0.1) is 0 Å². The van der Waals surface area contributed by atoms with Crippen molar-refractivity contribution in [1.29, 1.82) is 0 Å². The van der Waals surface area contributed by atoms with Crippen LogP contribution in [-0.4, -0.2) is 23.3 Å².